The van der Waals surface area contributed by atoms with Crippen molar-refractivity contribution in [3.8, 4) is 11.3 Å². The van der Waals surface area contributed by atoms with Gasteiger partial charge in [-0.3, -0.25) is 9.48 Å². The Hall–Kier alpha value is -2.41. The van der Waals surface area contributed by atoms with Crippen molar-refractivity contribution in [3.05, 3.63) is 51.5 Å². The zero-order valence-electron chi connectivity index (χ0n) is 11.0. The molecule has 1 N–H and O–H groups in total. The quantitative estimate of drug-likeness (QED) is 0.576. The van der Waals surface area contributed by atoms with Crippen LogP contribution in [0.2, 0.25) is 0 Å². The molecule has 0 saturated carbocycles. The minimum Gasteiger partial charge on any atom is -0.306 e. The highest BCUT2D eigenvalue weighted by Crippen LogP contribution is 2.22. The Morgan fingerprint density at radius 2 is 2.14 bits per heavy atom. The first-order valence-corrected chi connectivity index (χ1v) is 7.11. The van der Waals surface area contributed by atoms with Gasteiger partial charge < -0.3 is 4.98 Å². The van der Waals surface area contributed by atoms with Crippen LogP contribution in [0.1, 0.15) is 0 Å². The van der Waals surface area contributed by atoms with Gasteiger partial charge in [-0.15, -0.1) is 0 Å². The minimum atomic E-state index is -0.123. The summed E-state index contributed by atoms with van der Waals surface area (Å²) in [5, 5.41) is 9.33. The molecule has 3 aromatic heterocycles. The molecule has 0 atom stereocenters. The number of aryl methyl sites for hydroxylation is 1. The second-order valence-corrected chi connectivity index (χ2v) is 5.76. The summed E-state index contributed by atoms with van der Waals surface area (Å²) in [6.45, 7) is 0. The molecule has 7 heteroatoms. The van der Waals surface area contributed by atoms with E-state index in [9.17, 15) is 4.79 Å². The molecular weight excluding hydrogens is 334 g/mol. The number of hydrogen-bond acceptors (Lipinski definition) is 3. The van der Waals surface area contributed by atoms with E-state index < -0.39 is 0 Å². The van der Waals surface area contributed by atoms with Crippen LogP contribution in [0.3, 0.4) is 0 Å². The van der Waals surface area contributed by atoms with Gasteiger partial charge in [0.1, 0.15) is 5.65 Å². The van der Waals surface area contributed by atoms with E-state index in [2.05, 4.69) is 31.1 Å². The van der Waals surface area contributed by atoms with Crippen molar-refractivity contribution in [2.45, 2.75) is 0 Å². The number of rotatable bonds is 1. The van der Waals surface area contributed by atoms with E-state index >= 15 is 0 Å². The minimum absolute atomic E-state index is 0.123. The first-order chi connectivity index (χ1) is 10.1. The lowest BCUT2D eigenvalue weighted by Gasteiger charge is -2.01. The normalized spacial score (nSPS) is 11.5. The summed E-state index contributed by atoms with van der Waals surface area (Å²) in [5.41, 5.74) is 2.97. The molecule has 0 unspecified atom stereocenters. The van der Waals surface area contributed by atoms with Crippen molar-refractivity contribution in [2.75, 3.05) is 0 Å². The van der Waals surface area contributed by atoms with E-state index in [1.807, 2.05) is 31.4 Å². The van der Waals surface area contributed by atoms with Gasteiger partial charge in [0.25, 0.3) is 5.56 Å². The Morgan fingerprint density at radius 1 is 1.29 bits per heavy atom. The van der Waals surface area contributed by atoms with Crippen LogP contribution in [-0.4, -0.2) is 24.4 Å². The van der Waals surface area contributed by atoms with Gasteiger partial charge >= 0.3 is 0 Å². The highest BCUT2D eigenvalue weighted by molar-refractivity contribution is 9.10. The number of halogens is 1. The van der Waals surface area contributed by atoms with Crippen molar-refractivity contribution < 1.29 is 0 Å². The Morgan fingerprint density at radius 3 is 2.90 bits per heavy atom. The van der Waals surface area contributed by atoms with E-state index in [1.54, 1.807) is 21.5 Å². The molecule has 0 fully saturated rings. The highest BCUT2D eigenvalue weighted by atomic mass is 79.9. The third-order valence-corrected chi connectivity index (χ3v) is 3.88. The smallest absolute Gasteiger partial charge is 0.259 e. The van der Waals surface area contributed by atoms with Gasteiger partial charge in [0, 0.05) is 29.3 Å². The molecule has 0 aliphatic heterocycles. The van der Waals surface area contributed by atoms with Gasteiger partial charge in [-0.25, -0.2) is 4.52 Å². The van der Waals surface area contributed by atoms with Gasteiger partial charge in [-0.2, -0.15) is 10.2 Å². The average Bonchev–Trinajstić information content (AvgIpc) is 3.04. The van der Waals surface area contributed by atoms with E-state index in [-0.39, 0.29) is 5.56 Å². The van der Waals surface area contributed by atoms with Gasteiger partial charge in [-0.1, -0.05) is 15.9 Å². The Balaban J connectivity index is 2.09. The molecule has 0 bridgehead atoms. The van der Waals surface area contributed by atoms with Crippen LogP contribution in [-0.2, 0) is 7.05 Å². The van der Waals surface area contributed by atoms with Crippen LogP contribution in [0.25, 0.3) is 27.8 Å². The number of aromatic nitrogens is 5. The second-order valence-electron chi connectivity index (χ2n) is 4.84. The predicted molar refractivity (Wildman–Crippen MR) is 83.2 cm³/mol. The first-order valence-electron chi connectivity index (χ1n) is 6.32. The van der Waals surface area contributed by atoms with Gasteiger partial charge in [0.15, 0.2) is 0 Å². The Bertz CT molecular complexity index is 1040. The molecule has 0 spiro atoms. The number of fused-ring (bicyclic) bond motifs is 3. The summed E-state index contributed by atoms with van der Waals surface area (Å²) in [7, 11) is 1.85. The molecule has 1 aromatic carbocycles. The predicted octanol–water partition coefficient (Wildman–Crippen LogP) is 2.34. The van der Waals surface area contributed by atoms with E-state index in [1.165, 1.54) is 0 Å². The third-order valence-electron chi connectivity index (χ3n) is 3.38. The molecule has 3 heterocycles. The molecule has 0 aliphatic rings. The van der Waals surface area contributed by atoms with Crippen LogP contribution >= 0.6 is 15.9 Å². The van der Waals surface area contributed by atoms with Gasteiger partial charge in [-0.05, 0) is 18.2 Å². The fourth-order valence-electron chi connectivity index (χ4n) is 2.40. The zero-order chi connectivity index (χ0) is 14.6. The summed E-state index contributed by atoms with van der Waals surface area (Å²) in [5.74, 6) is 0. The molecule has 0 amide bonds. The molecule has 4 rings (SSSR count). The molecule has 4 aromatic rings. The largest absolute Gasteiger partial charge is 0.306 e. The van der Waals surface area contributed by atoms with E-state index in [4.69, 9.17) is 0 Å². The summed E-state index contributed by atoms with van der Waals surface area (Å²) >= 11 is 3.43. The summed E-state index contributed by atoms with van der Waals surface area (Å²) in [6.07, 6.45) is 3.63. The number of hydrogen-bond donors (Lipinski definition) is 1. The lowest BCUT2D eigenvalue weighted by molar-refractivity contribution is 0.768. The lowest BCUT2D eigenvalue weighted by atomic mass is 10.2. The number of nitrogens with zero attached hydrogens (tertiary/aromatic N) is 4. The van der Waals surface area contributed by atoms with E-state index in [0.29, 0.717) is 11.0 Å². The van der Waals surface area contributed by atoms with Crippen molar-refractivity contribution in [3.63, 3.8) is 0 Å². The molecule has 104 valence electrons. The van der Waals surface area contributed by atoms with Crippen LogP contribution in [0, 0.1) is 0 Å². The number of aromatic amines is 1. The standard InChI is InChI=1S/C14H10BrN5O/c1-19-7-8(6-16-19)11-5-13-17-14(21)10-3-2-9(15)4-12(10)20(13)18-11/h2-7H,1H3,(H,17,21). The third kappa shape index (κ3) is 1.89. The van der Waals surface area contributed by atoms with Crippen molar-refractivity contribution in [1.29, 1.82) is 0 Å². The molecule has 0 aliphatic carbocycles. The Kier molecular flexibility index (Phi) is 2.52. The molecular formula is C14H10BrN5O. The van der Waals surface area contributed by atoms with Gasteiger partial charge in [0.05, 0.1) is 22.8 Å². The number of nitrogens with one attached hydrogen (secondary N) is 1. The van der Waals surface area contributed by atoms with Crippen molar-refractivity contribution >= 4 is 32.5 Å². The van der Waals surface area contributed by atoms with E-state index in [0.717, 1.165) is 21.2 Å². The second kappa shape index (κ2) is 4.29. The van der Waals surface area contributed by atoms with Gasteiger partial charge in [0.2, 0.25) is 0 Å². The zero-order valence-corrected chi connectivity index (χ0v) is 12.6. The maximum absolute atomic E-state index is 12.1. The van der Waals surface area contributed by atoms with Crippen LogP contribution in [0.4, 0.5) is 0 Å². The number of H-pyrrole nitrogens is 1. The first kappa shape index (κ1) is 12.3. The SMILES string of the molecule is Cn1cc(-c2cc3[nH]c(=O)c4ccc(Br)cc4n3n2)cn1. The highest BCUT2D eigenvalue weighted by Gasteiger charge is 2.11. The molecule has 21 heavy (non-hydrogen) atoms. The lowest BCUT2D eigenvalue weighted by Crippen LogP contribution is -2.09. The van der Waals surface area contributed by atoms with Crippen LogP contribution in [0.5, 0.6) is 0 Å². The van der Waals surface area contributed by atoms with Crippen molar-refractivity contribution in [2.24, 2.45) is 7.05 Å². The number of benzene rings is 1. The van der Waals surface area contributed by atoms with Crippen LogP contribution < -0.4 is 5.56 Å². The van der Waals surface area contributed by atoms with Crippen LogP contribution in [0.15, 0.2) is 45.9 Å². The molecule has 0 radical (unpaired) electrons. The summed E-state index contributed by atoms with van der Waals surface area (Å²) in [6, 6.07) is 7.36. The summed E-state index contributed by atoms with van der Waals surface area (Å²) < 4.78 is 4.36. The monoisotopic (exact) mass is 343 g/mol. The topological polar surface area (TPSA) is 68.0 Å². The maximum atomic E-state index is 12.1. The fourth-order valence-corrected chi connectivity index (χ4v) is 2.75. The molecule has 6 nitrogen and oxygen atoms in total. The average molecular weight is 344 g/mol. The Labute approximate surface area is 127 Å². The maximum Gasteiger partial charge on any atom is 0.259 e. The van der Waals surface area contributed by atoms with Crippen molar-refractivity contribution in [1.82, 2.24) is 24.4 Å². The molecule has 0 saturated heterocycles. The summed E-state index contributed by atoms with van der Waals surface area (Å²) in [4.78, 5) is 15.0. The fraction of sp³-hybridized carbons (Fsp3) is 0.0714.